The van der Waals surface area contributed by atoms with Crippen LogP contribution in [0.2, 0.25) is 0 Å². The number of thiol groups is 1. The molecule has 0 aliphatic carbocycles. The Morgan fingerprint density at radius 3 is 3.00 bits per heavy atom. The van der Waals surface area contributed by atoms with E-state index in [0.29, 0.717) is 19.7 Å². The Labute approximate surface area is 59.6 Å². The van der Waals surface area contributed by atoms with Crippen molar-refractivity contribution in [2.45, 2.75) is 5.44 Å². The van der Waals surface area contributed by atoms with Gasteiger partial charge in [0.2, 0.25) is 0 Å². The van der Waals surface area contributed by atoms with Crippen molar-refractivity contribution in [3.63, 3.8) is 0 Å². The van der Waals surface area contributed by atoms with E-state index in [1.807, 2.05) is 6.19 Å². The Morgan fingerprint density at radius 2 is 2.56 bits per heavy atom. The summed E-state index contributed by atoms with van der Waals surface area (Å²) >= 11 is 4.06. The number of hydrogen-bond donors (Lipinski definition) is 1. The van der Waals surface area contributed by atoms with E-state index in [1.165, 1.54) is 0 Å². The number of nitrogens with zero attached hydrogens (tertiary/aromatic N) is 2. The normalized spacial score (nSPS) is 27.6. The maximum Gasteiger partial charge on any atom is 0.179 e. The summed E-state index contributed by atoms with van der Waals surface area (Å²) in [4.78, 5) is 1.64. The minimum absolute atomic E-state index is 0.0848. The first-order valence-electron chi connectivity index (χ1n) is 2.77. The minimum atomic E-state index is -0.0848. The van der Waals surface area contributed by atoms with Gasteiger partial charge >= 0.3 is 0 Å². The Kier molecular flexibility index (Phi) is 2.20. The van der Waals surface area contributed by atoms with Gasteiger partial charge in [0.05, 0.1) is 19.7 Å². The highest BCUT2D eigenvalue weighted by atomic mass is 32.1. The van der Waals surface area contributed by atoms with E-state index in [2.05, 4.69) is 12.6 Å². The highest BCUT2D eigenvalue weighted by Crippen LogP contribution is 2.05. The monoisotopic (exact) mass is 144 g/mol. The lowest BCUT2D eigenvalue weighted by Crippen LogP contribution is -2.36. The van der Waals surface area contributed by atoms with Crippen LogP contribution in [0.15, 0.2) is 0 Å². The van der Waals surface area contributed by atoms with Gasteiger partial charge in [0.25, 0.3) is 0 Å². The first-order valence-corrected chi connectivity index (χ1v) is 3.29. The zero-order valence-corrected chi connectivity index (χ0v) is 5.84. The van der Waals surface area contributed by atoms with Gasteiger partial charge in [-0.3, -0.25) is 0 Å². The molecule has 0 amide bonds. The molecular formula is C5H8N2OS. The summed E-state index contributed by atoms with van der Waals surface area (Å²) < 4.78 is 5.08. The zero-order valence-electron chi connectivity index (χ0n) is 4.95. The molecule has 0 aromatic carbocycles. The molecule has 0 aromatic rings. The summed E-state index contributed by atoms with van der Waals surface area (Å²) in [6.07, 6.45) is 2.04. The molecule has 0 spiro atoms. The minimum Gasteiger partial charge on any atom is -0.364 e. The Morgan fingerprint density at radius 1 is 1.78 bits per heavy atom. The largest absolute Gasteiger partial charge is 0.364 e. The predicted molar refractivity (Wildman–Crippen MR) is 35.9 cm³/mol. The molecule has 0 aromatic heterocycles. The summed E-state index contributed by atoms with van der Waals surface area (Å²) in [5.41, 5.74) is -0.0848. The van der Waals surface area contributed by atoms with Crippen LogP contribution in [0, 0.1) is 11.5 Å². The Hall–Kier alpha value is -0.400. The zero-order chi connectivity index (χ0) is 6.69. The number of ether oxygens (including phenoxy) is 1. The predicted octanol–water partition coefficient (Wildman–Crippen LogP) is 0.0556. The van der Waals surface area contributed by atoms with Crippen molar-refractivity contribution in [1.82, 2.24) is 4.90 Å². The fourth-order valence-electron chi connectivity index (χ4n) is 0.722. The topological polar surface area (TPSA) is 36.3 Å². The van der Waals surface area contributed by atoms with Crippen molar-refractivity contribution in [2.75, 3.05) is 19.7 Å². The molecule has 3 nitrogen and oxygen atoms in total. The van der Waals surface area contributed by atoms with Crippen LogP contribution in [0.4, 0.5) is 0 Å². The van der Waals surface area contributed by atoms with Gasteiger partial charge in [0, 0.05) is 0 Å². The smallest absolute Gasteiger partial charge is 0.179 e. The van der Waals surface area contributed by atoms with Crippen LogP contribution < -0.4 is 0 Å². The summed E-state index contributed by atoms with van der Waals surface area (Å²) in [6.45, 7) is 1.93. The van der Waals surface area contributed by atoms with Crippen LogP contribution in [0.25, 0.3) is 0 Å². The standard InChI is InChI=1S/C5H8N2OS/c6-4-7-1-2-8-5(9)3-7/h5,9H,1-3H2. The fourth-order valence-corrected chi connectivity index (χ4v) is 1.02. The molecule has 1 heterocycles. The van der Waals surface area contributed by atoms with Crippen LogP contribution in [0.5, 0.6) is 0 Å². The molecular weight excluding hydrogens is 136 g/mol. The Balaban J connectivity index is 2.34. The summed E-state index contributed by atoms with van der Waals surface area (Å²) in [7, 11) is 0. The lowest BCUT2D eigenvalue weighted by Gasteiger charge is -2.25. The molecule has 0 saturated carbocycles. The van der Waals surface area contributed by atoms with Crippen LogP contribution in [-0.2, 0) is 4.74 Å². The lowest BCUT2D eigenvalue weighted by molar-refractivity contribution is 0.0424. The first-order chi connectivity index (χ1) is 4.33. The quantitative estimate of drug-likeness (QED) is 0.385. The van der Waals surface area contributed by atoms with E-state index >= 15 is 0 Å². The van der Waals surface area contributed by atoms with Gasteiger partial charge in [-0.15, -0.1) is 12.6 Å². The maximum absolute atomic E-state index is 8.40. The van der Waals surface area contributed by atoms with Gasteiger partial charge in [-0.25, -0.2) is 0 Å². The lowest BCUT2D eigenvalue weighted by atomic mass is 10.5. The third-order valence-corrected chi connectivity index (χ3v) is 1.50. The van der Waals surface area contributed by atoms with Gasteiger partial charge in [-0.2, -0.15) is 5.26 Å². The summed E-state index contributed by atoms with van der Waals surface area (Å²) in [6, 6.07) is 0. The third-order valence-electron chi connectivity index (χ3n) is 1.19. The van der Waals surface area contributed by atoms with Gasteiger partial charge in [0.15, 0.2) is 6.19 Å². The SMILES string of the molecule is N#CN1CCOC(S)C1. The van der Waals surface area contributed by atoms with E-state index in [9.17, 15) is 0 Å². The molecule has 1 atom stereocenters. The van der Waals surface area contributed by atoms with Gasteiger partial charge in [-0.1, -0.05) is 0 Å². The van der Waals surface area contributed by atoms with E-state index < -0.39 is 0 Å². The van der Waals surface area contributed by atoms with Gasteiger partial charge < -0.3 is 9.64 Å². The average Bonchev–Trinajstić information content (AvgIpc) is 1.88. The summed E-state index contributed by atoms with van der Waals surface area (Å²) in [5.74, 6) is 0. The fraction of sp³-hybridized carbons (Fsp3) is 0.800. The van der Waals surface area contributed by atoms with Crippen molar-refractivity contribution in [3.05, 3.63) is 0 Å². The molecule has 1 aliphatic heterocycles. The van der Waals surface area contributed by atoms with E-state index in [4.69, 9.17) is 10.00 Å². The van der Waals surface area contributed by atoms with Crippen LogP contribution in [-0.4, -0.2) is 30.0 Å². The summed E-state index contributed by atoms with van der Waals surface area (Å²) in [5, 5.41) is 8.40. The van der Waals surface area contributed by atoms with E-state index in [-0.39, 0.29) is 5.44 Å². The number of hydrogen-bond acceptors (Lipinski definition) is 4. The molecule has 4 heteroatoms. The first kappa shape index (κ1) is 6.72. The Bertz CT molecular complexity index is 133. The van der Waals surface area contributed by atoms with Crippen LogP contribution in [0.1, 0.15) is 0 Å². The molecule has 0 bridgehead atoms. The molecule has 1 saturated heterocycles. The molecule has 1 unspecified atom stereocenters. The second kappa shape index (κ2) is 2.95. The third kappa shape index (κ3) is 1.77. The van der Waals surface area contributed by atoms with Crippen molar-refractivity contribution in [3.8, 4) is 6.19 Å². The molecule has 0 N–H and O–H groups in total. The highest BCUT2D eigenvalue weighted by Gasteiger charge is 2.14. The molecule has 0 radical (unpaired) electrons. The molecule has 1 rings (SSSR count). The van der Waals surface area contributed by atoms with Gasteiger partial charge in [0.1, 0.15) is 5.44 Å². The number of morpholine rings is 1. The van der Waals surface area contributed by atoms with Crippen LogP contribution >= 0.6 is 12.6 Å². The second-order valence-corrected chi connectivity index (χ2v) is 2.45. The average molecular weight is 144 g/mol. The maximum atomic E-state index is 8.40. The highest BCUT2D eigenvalue weighted by molar-refractivity contribution is 7.80. The number of rotatable bonds is 0. The van der Waals surface area contributed by atoms with E-state index in [1.54, 1.807) is 4.90 Å². The second-order valence-electron chi connectivity index (χ2n) is 1.87. The van der Waals surface area contributed by atoms with Crippen LogP contribution in [0.3, 0.4) is 0 Å². The van der Waals surface area contributed by atoms with Crippen molar-refractivity contribution in [2.24, 2.45) is 0 Å². The van der Waals surface area contributed by atoms with Gasteiger partial charge in [-0.05, 0) is 0 Å². The molecule has 9 heavy (non-hydrogen) atoms. The van der Waals surface area contributed by atoms with Crippen molar-refractivity contribution in [1.29, 1.82) is 5.26 Å². The van der Waals surface area contributed by atoms with Crippen molar-refractivity contribution >= 4 is 12.6 Å². The van der Waals surface area contributed by atoms with E-state index in [0.717, 1.165) is 0 Å². The molecule has 1 fully saturated rings. The molecule has 1 aliphatic rings. The molecule has 50 valence electrons. The number of nitriles is 1. The van der Waals surface area contributed by atoms with Crippen molar-refractivity contribution < 1.29 is 4.74 Å².